The highest BCUT2D eigenvalue weighted by Crippen LogP contribution is 2.38. The molecule has 1 aliphatic rings. The van der Waals surface area contributed by atoms with Gasteiger partial charge in [-0.05, 0) is 68.4 Å². The lowest BCUT2D eigenvalue weighted by Crippen LogP contribution is -2.45. The van der Waals surface area contributed by atoms with Crippen molar-refractivity contribution in [3.63, 3.8) is 0 Å². The Morgan fingerprint density at radius 1 is 1.05 bits per heavy atom. The van der Waals surface area contributed by atoms with Gasteiger partial charge in [0, 0.05) is 61.2 Å². The number of benzene rings is 2. The molecule has 1 N–H and O–H groups in total. The molecule has 37 heavy (non-hydrogen) atoms. The van der Waals surface area contributed by atoms with E-state index in [4.69, 9.17) is 0 Å². The second-order valence-corrected chi connectivity index (χ2v) is 10.3. The molecule has 0 saturated carbocycles. The Kier molecular flexibility index (Phi) is 7.60. The minimum atomic E-state index is -0.129. The van der Waals surface area contributed by atoms with Crippen LogP contribution in [0.25, 0.3) is 0 Å². The van der Waals surface area contributed by atoms with Crippen molar-refractivity contribution in [2.45, 2.75) is 19.9 Å². The smallest absolute Gasteiger partial charge is 0.255 e. The van der Waals surface area contributed by atoms with Crippen molar-refractivity contribution < 1.29 is 4.79 Å². The Morgan fingerprint density at radius 2 is 1.84 bits per heavy atom. The molecule has 1 unspecified atom stereocenters. The van der Waals surface area contributed by atoms with E-state index >= 15 is 0 Å². The fourth-order valence-corrected chi connectivity index (χ4v) is 5.30. The number of nitrogens with one attached hydrogen (secondary N) is 1. The maximum Gasteiger partial charge on any atom is 0.255 e. The summed E-state index contributed by atoms with van der Waals surface area (Å²) in [6, 6.07) is 18.2. The highest BCUT2D eigenvalue weighted by molar-refractivity contribution is 7.13. The quantitative estimate of drug-likeness (QED) is 0.334. The molecule has 2 aromatic heterocycles. The van der Waals surface area contributed by atoms with Gasteiger partial charge < -0.3 is 10.2 Å². The number of thiazole rings is 1. The molecule has 0 spiro atoms. The topological polar surface area (TPSA) is 64.6 Å². The molecule has 0 aliphatic carbocycles. The fourth-order valence-electron chi connectivity index (χ4n) is 4.63. The highest BCUT2D eigenvalue weighted by Gasteiger charge is 2.21. The van der Waals surface area contributed by atoms with Crippen molar-refractivity contribution in [1.82, 2.24) is 19.8 Å². The van der Waals surface area contributed by atoms with Gasteiger partial charge in [0.05, 0.1) is 17.6 Å². The monoisotopic (exact) mass is 512 g/mol. The van der Waals surface area contributed by atoms with Gasteiger partial charge in [-0.15, -0.1) is 11.3 Å². The molecule has 7 nitrogen and oxygen atoms in total. The first-order chi connectivity index (χ1) is 18.0. The second-order valence-electron chi connectivity index (χ2n) is 9.45. The molecule has 1 amide bonds. The van der Waals surface area contributed by atoms with Gasteiger partial charge in [-0.25, -0.2) is 4.98 Å². The minimum Gasteiger partial charge on any atom is -0.322 e. The zero-order chi connectivity index (χ0) is 25.8. The van der Waals surface area contributed by atoms with Crippen LogP contribution in [0.3, 0.4) is 0 Å². The number of aryl methyl sites for hydroxylation is 1. The van der Waals surface area contributed by atoms with Crippen molar-refractivity contribution in [3.05, 3.63) is 95.3 Å². The lowest BCUT2D eigenvalue weighted by molar-refractivity contribution is 0.102. The average Bonchev–Trinajstić information content (AvgIpc) is 3.46. The summed E-state index contributed by atoms with van der Waals surface area (Å²) in [5.41, 5.74) is 5.52. The van der Waals surface area contributed by atoms with Crippen molar-refractivity contribution >= 4 is 39.4 Å². The summed E-state index contributed by atoms with van der Waals surface area (Å²) < 4.78 is 0. The van der Waals surface area contributed by atoms with E-state index in [0.717, 1.165) is 53.9 Å². The van der Waals surface area contributed by atoms with Crippen molar-refractivity contribution in [1.29, 1.82) is 0 Å². The van der Waals surface area contributed by atoms with E-state index in [1.165, 1.54) is 5.56 Å². The molecule has 190 valence electrons. The van der Waals surface area contributed by atoms with Crippen LogP contribution in [0.4, 0.5) is 22.2 Å². The zero-order valence-corrected chi connectivity index (χ0v) is 22.3. The van der Waals surface area contributed by atoms with Crippen molar-refractivity contribution in [2.24, 2.45) is 0 Å². The molecule has 2 aromatic carbocycles. The molecule has 8 heteroatoms. The summed E-state index contributed by atoms with van der Waals surface area (Å²) in [4.78, 5) is 28.9. The van der Waals surface area contributed by atoms with E-state index in [1.807, 2.05) is 54.0 Å². The molecular formula is C29H32N6OS. The molecule has 1 saturated heterocycles. The van der Waals surface area contributed by atoms with Gasteiger partial charge in [-0.1, -0.05) is 18.2 Å². The summed E-state index contributed by atoms with van der Waals surface area (Å²) in [6.07, 6.45) is 5.36. The Balaban J connectivity index is 1.34. The molecular weight excluding hydrogens is 480 g/mol. The highest BCUT2D eigenvalue weighted by atomic mass is 32.1. The van der Waals surface area contributed by atoms with Gasteiger partial charge in [0.2, 0.25) is 0 Å². The molecule has 3 heterocycles. The number of pyridine rings is 1. The third-order valence-corrected chi connectivity index (χ3v) is 7.72. The van der Waals surface area contributed by atoms with Crippen LogP contribution < -0.4 is 10.2 Å². The zero-order valence-electron chi connectivity index (χ0n) is 21.5. The van der Waals surface area contributed by atoms with Gasteiger partial charge in [-0.3, -0.25) is 19.6 Å². The maximum absolute atomic E-state index is 13.1. The molecule has 5 rings (SSSR count). The van der Waals surface area contributed by atoms with E-state index in [1.54, 1.807) is 23.7 Å². The SMILES string of the molecule is Cc1ccc(NC(=O)c2ccc(C(C)N3CCN(C)CC3)cc2)cc1N(c1cccnc1)c1nccs1. The van der Waals surface area contributed by atoms with Gasteiger partial charge in [-0.2, -0.15) is 0 Å². The molecule has 0 radical (unpaired) electrons. The van der Waals surface area contributed by atoms with Crippen LogP contribution in [0.1, 0.15) is 34.5 Å². The van der Waals surface area contributed by atoms with Crippen LogP contribution in [-0.2, 0) is 0 Å². The van der Waals surface area contributed by atoms with E-state index < -0.39 is 0 Å². The predicted octanol–water partition coefficient (Wildman–Crippen LogP) is 5.88. The number of hydrogen-bond donors (Lipinski definition) is 1. The fraction of sp³-hybridized carbons (Fsp3) is 0.276. The Labute approximate surface area is 222 Å². The number of amides is 1. The molecule has 1 aliphatic heterocycles. The second kappa shape index (κ2) is 11.2. The number of carbonyl (C=O) groups excluding carboxylic acids is 1. The number of carbonyl (C=O) groups is 1. The first kappa shape index (κ1) is 25.1. The summed E-state index contributed by atoms with van der Waals surface area (Å²) in [5, 5.41) is 5.87. The Morgan fingerprint density at radius 3 is 2.51 bits per heavy atom. The average molecular weight is 513 g/mol. The van der Waals surface area contributed by atoms with Crippen molar-refractivity contribution in [2.75, 3.05) is 43.4 Å². The third-order valence-electron chi connectivity index (χ3n) is 6.96. The number of nitrogens with zero attached hydrogens (tertiary/aromatic N) is 5. The van der Waals surface area contributed by atoms with Crippen LogP contribution in [0.5, 0.6) is 0 Å². The number of aromatic nitrogens is 2. The summed E-state index contributed by atoms with van der Waals surface area (Å²) in [5.74, 6) is -0.129. The minimum absolute atomic E-state index is 0.129. The normalized spacial score (nSPS) is 15.3. The first-order valence-corrected chi connectivity index (χ1v) is 13.4. The van der Waals surface area contributed by atoms with E-state index in [9.17, 15) is 4.79 Å². The molecule has 1 atom stereocenters. The summed E-state index contributed by atoms with van der Waals surface area (Å²) in [7, 11) is 2.17. The van der Waals surface area contributed by atoms with Gasteiger partial charge in [0.25, 0.3) is 5.91 Å². The van der Waals surface area contributed by atoms with Gasteiger partial charge >= 0.3 is 0 Å². The van der Waals surface area contributed by atoms with Crippen LogP contribution in [0.15, 0.2) is 78.6 Å². The van der Waals surface area contributed by atoms with Gasteiger partial charge in [0.15, 0.2) is 5.13 Å². The Hall–Kier alpha value is -3.59. The third kappa shape index (κ3) is 5.72. The molecule has 4 aromatic rings. The Bertz CT molecular complexity index is 1320. The van der Waals surface area contributed by atoms with Gasteiger partial charge in [0.1, 0.15) is 0 Å². The number of piperazine rings is 1. The van der Waals surface area contributed by atoms with Crippen LogP contribution >= 0.6 is 11.3 Å². The number of anilines is 4. The van der Waals surface area contributed by atoms with Crippen LogP contribution in [0, 0.1) is 6.92 Å². The van der Waals surface area contributed by atoms with Crippen LogP contribution in [-0.4, -0.2) is 58.9 Å². The van der Waals surface area contributed by atoms with E-state index in [2.05, 4.69) is 63.0 Å². The predicted molar refractivity (Wildman–Crippen MR) is 151 cm³/mol. The summed E-state index contributed by atoms with van der Waals surface area (Å²) in [6.45, 7) is 8.59. The van der Waals surface area contributed by atoms with Crippen molar-refractivity contribution in [3.8, 4) is 0 Å². The number of likely N-dealkylation sites (N-methyl/N-ethyl adjacent to an activating group) is 1. The van der Waals surface area contributed by atoms with E-state index in [0.29, 0.717) is 11.6 Å². The van der Waals surface area contributed by atoms with E-state index in [-0.39, 0.29) is 5.91 Å². The largest absolute Gasteiger partial charge is 0.322 e. The first-order valence-electron chi connectivity index (χ1n) is 12.5. The van der Waals surface area contributed by atoms with Crippen LogP contribution in [0.2, 0.25) is 0 Å². The summed E-state index contributed by atoms with van der Waals surface area (Å²) >= 11 is 1.55. The molecule has 0 bridgehead atoms. The maximum atomic E-state index is 13.1. The number of rotatable bonds is 7. The number of hydrogen-bond acceptors (Lipinski definition) is 7. The molecule has 1 fully saturated rings. The standard InChI is InChI=1S/C29H32N6OS/c1-21-6-11-25(19-27(21)35(29-31-13-18-37-29)26-5-4-12-30-20-26)32-28(36)24-9-7-23(8-10-24)22(2)34-16-14-33(3)15-17-34/h4-13,18-20,22H,14-17H2,1-3H3,(H,32,36). The lowest BCUT2D eigenvalue weighted by atomic mass is 10.0. The lowest BCUT2D eigenvalue weighted by Gasteiger charge is -2.36.